The fourth-order valence-corrected chi connectivity index (χ4v) is 1.04. The molecule has 1 aromatic rings. The highest BCUT2D eigenvalue weighted by atomic mass is 19.4. The summed E-state index contributed by atoms with van der Waals surface area (Å²) >= 11 is 0. The largest absolute Gasteiger partial charge is 0.445 e. The van der Waals surface area contributed by atoms with E-state index in [0.29, 0.717) is 0 Å². The van der Waals surface area contributed by atoms with Crippen LogP contribution in [0.2, 0.25) is 0 Å². The van der Waals surface area contributed by atoms with E-state index in [1.165, 1.54) is 30.3 Å². The van der Waals surface area contributed by atoms with Crippen LogP contribution in [0.4, 0.5) is 22.0 Å². The molecule has 1 N–H and O–H groups in total. The minimum Gasteiger partial charge on any atom is -0.381 e. The van der Waals surface area contributed by atoms with Crippen molar-refractivity contribution in [2.45, 2.75) is 12.3 Å². The van der Waals surface area contributed by atoms with Crippen LogP contribution in [-0.2, 0) is 0 Å². The van der Waals surface area contributed by atoms with Crippen molar-refractivity contribution in [2.75, 3.05) is 0 Å². The zero-order valence-corrected chi connectivity index (χ0v) is 7.80. The number of hydrogen-bond acceptors (Lipinski definition) is 1. The second-order valence-electron chi connectivity index (χ2n) is 2.97. The van der Waals surface area contributed by atoms with Gasteiger partial charge in [-0.25, -0.2) is 4.39 Å². The van der Waals surface area contributed by atoms with Crippen LogP contribution in [0.3, 0.4) is 0 Å². The number of rotatable bonds is 2. The first-order chi connectivity index (χ1) is 7.34. The second kappa shape index (κ2) is 4.61. The van der Waals surface area contributed by atoms with E-state index < -0.39 is 23.9 Å². The average Bonchev–Trinajstić information content (AvgIpc) is 2.26. The maximum absolute atomic E-state index is 12.9. The van der Waals surface area contributed by atoms with Crippen LogP contribution in [-0.4, -0.2) is 11.3 Å². The van der Waals surface area contributed by atoms with Gasteiger partial charge in [0.15, 0.2) is 5.83 Å². The molecule has 6 heteroatoms. The van der Waals surface area contributed by atoms with E-state index in [9.17, 15) is 22.0 Å². The minimum absolute atomic E-state index is 0.153. The summed E-state index contributed by atoms with van der Waals surface area (Å²) in [6, 6.07) is 6.68. The molecule has 0 aliphatic carbocycles. The molecule has 0 saturated carbocycles. The van der Waals surface area contributed by atoms with Gasteiger partial charge in [0.25, 0.3) is 0 Å². The topological polar surface area (TPSA) is 20.2 Å². The van der Waals surface area contributed by atoms with Crippen LogP contribution in [0.5, 0.6) is 0 Å². The molecule has 0 saturated heterocycles. The standard InChI is InChI=1S/C10H7F5O/c11-7(9(12)10(13,14)15)8(16)6-4-2-1-3-5-6/h1-5,8,16H/b9-7-/t8-/m0/s1. The number of aliphatic hydroxyl groups excluding tert-OH is 1. The molecule has 0 aliphatic rings. The molecule has 1 nitrogen and oxygen atoms in total. The molecule has 0 radical (unpaired) electrons. The monoisotopic (exact) mass is 238 g/mol. The second-order valence-corrected chi connectivity index (χ2v) is 2.97. The third-order valence-electron chi connectivity index (χ3n) is 1.81. The molecule has 0 fully saturated rings. The molecule has 16 heavy (non-hydrogen) atoms. The van der Waals surface area contributed by atoms with Crippen molar-refractivity contribution < 1.29 is 27.1 Å². The van der Waals surface area contributed by atoms with Gasteiger partial charge in [0, 0.05) is 0 Å². The van der Waals surface area contributed by atoms with Crippen molar-refractivity contribution in [1.29, 1.82) is 0 Å². The van der Waals surface area contributed by atoms with Crippen molar-refractivity contribution in [3.05, 3.63) is 47.5 Å². The molecule has 0 aromatic heterocycles. The maximum atomic E-state index is 12.9. The number of halogens is 5. The quantitative estimate of drug-likeness (QED) is 0.782. The summed E-state index contributed by atoms with van der Waals surface area (Å²) < 4.78 is 60.7. The Morgan fingerprint density at radius 1 is 1.06 bits per heavy atom. The van der Waals surface area contributed by atoms with Gasteiger partial charge in [-0.3, -0.25) is 0 Å². The van der Waals surface area contributed by atoms with E-state index in [1.54, 1.807) is 0 Å². The molecular weight excluding hydrogens is 231 g/mol. The number of benzene rings is 1. The summed E-state index contributed by atoms with van der Waals surface area (Å²) in [6.07, 6.45) is -7.68. The molecule has 1 rings (SSSR count). The highest BCUT2D eigenvalue weighted by Gasteiger charge is 2.40. The van der Waals surface area contributed by atoms with E-state index in [0.717, 1.165) is 0 Å². The van der Waals surface area contributed by atoms with Crippen molar-refractivity contribution in [2.24, 2.45) is 0 Å². The zero-order valence-electron chi connectivity index (χ0n) is 7.80. The summed E-state index contributed by atoms with van der Waals surface area (Å²) in [5.41, 5.74) is -0.153. The number of allylic oxidation sites excluding steroid dienone is 1. The van der Waals surface area contributed by atoms with Gasteiger partial charge in [0.2, 0.25) is 5.83 Å². The summed E-state index contributed by atoms with van der Waals surface area (Å²) in [5.74, 6) is -5.15. The molecule has 0 unspecified atom stereocenters. The Labute approximate surface area is 87.8 Å². The van der Waals surface area contributed by atoms with Crippen LogP contribution >= 0.6 is 0 Å². The predicted molar refractivity (Wildman–Crippen MR) is 46.7 cm³/mol. The van der Waals surface area contributed by atoms with Crippen molar-refractivity contribution in [3.63, 3.8) is 0 Å². The Hall–Kier alpha value is -1.43. The molecule has 1 aromatic carbocycles. The van der Waals surface area contributed by atoms with Crippen molar-refractivity contribution >= 4 is 0 Å². The lowest BCUT2D eigenvalue weighted by atomic mass is 10.1. The molecule has 0 heterocycles. The fourth-order valence-electron chi connectivity index (χ4n) is 1.04. The molecule has 0 bridgehead atoms. The maximum Gasteiger partial charge on any atom is 0.445 e. The van der Waals surface area contributed by atoms with Crippen LogP contribution < -0.4 is 0 Å². The zero-order chi connectivity index (χ0) is 12.3. The average molecular weight is 238 g/mol. The lowest BCUT2D eigenvalue weighted by Gasteiger charge is -2.11. The SMILES string of the molecule is O[C@H](/C(F)=C(/F)C(F)(F)F)c1ccccc1. The number of aliphatic hydroxyl groups is 1. The first-order valence-electron chi connectivity index (χ1n) is 4.19. The number of alkyl halides is 3. The molecule has 0 aliphatic heterocycles. The summed E-state index contributed by atoms with van der Waals surface area (Å²) in [5, 5.41) is 9.15. The van der Waals surface area contributed by atoms with Crippen LogP contribution in [0, 0.1) is 0 Å². The first-order valence-corrected chi connectivity index (χ1v) is 4.19. The lowest BCUT2D eigenvalue weighted by Crippen LogP contribution is -2.12. The third-order valence-corrected chi connectivity index (χ3v) is 1.81. The molecule has 0 spiro atoms. The van der Waals surface area contributed by atoms with E-state index >= 15 is 0 Å². The fraction of sp³-hybridized carbons (Fsp3) is 0.200. The van der Waals surface area contributed by atoms with Gasteiger partial charge < -0.3 is 5.11 Å². The predicted octanol–water partition coefficient (Wildman–Crippen LogP) is 3.43. The van der Waals surface area contributed by atoms with Crippen molar-refractivity contribution in [3.8, 4) is 0 Å². The Bertz CT molecular complexity index is 382. The third kappa shape index (κ3) is 2.79. The van der Waals surface area contributed by atoms with Gasteiger partial charge in [0.05, 0.1) is 0 Å². The molecule has 0 amide bonds. The van der Waals surface area contributed by atoms with E-state index in [-0.39, 0.29) is 5.56 Å². The Morgan fingerprint density at radius 3 is 2.00 bits per heavy atom. The Kier molecular flexibility index (Phi) is 3.64. The van der Waals surface area contributed by atoms with Gasteiger partial charge in [-0.05, 0) is 5.56 Å². The van der Waals surface area contributed by atoms with Crippen LogP contribution in [0.1, 0.15) is 11.7 Å². The molecule has 88 valence electrons. The number of hydrogen-bond donors (Lipinski definition) is 1. The van der Waals surface area contributed by atoms with Gasteiger partial charge in [-0.15, -0.1) is 0 Å². The van der Waals surface area contributed by atoms with Gasteiger partial charge in [-0.1, -0.05) is 30.3 Å². The smallest absolute Gasteiger partial charge is 0.381 e. The molecule has 1 atom stereocenters. The van der Waals surface area contributed by atoms with Crippen LogP contribution in [0.25, 0.3) is 0 Å². The van der Waals surface area contributed by atoms with Gasteiger partial charge in [0.1, 0.15) is 6.10 Å². The van der Waals surface area contributed by atoms with E-state index in [1.807, 2.05) is 0 Å². The van der Waals surface area contributed by atoms with Crippen molar-refractivity contribution in [1.82, 2.24) is 0 Å². The van der Waals surface area contributed by atoms with E-state index in [4.69, 9.17) is 5.11 Å². The highest BCUT2D eigenvalue weighted by molar-refractivity contribution is 5.25. The van der Waals surface area contributed by atoms with Gasteiger partial charge >= 0.3 is 6.18 Å². The normalized spacial score (nSPS) is 15.6. The Balaban J connectivity index is 3.04. The van der Waals surface area contributed by atoms with Gasteiger partial charge in [-0.2, -0.15) is 17.6 Å². The summed E-state index contributed by atoms with van der Waals surface area (Å²) in [7, 11) is 0. The Morgan fingerprint density at radius 2 is 1.56 bits per heavy atom. The highest BCUT2D eigenvalue weighted by Crippen LogP contribution is 2.35. The summed E-state index contributed by atoms with van der Waals surface area (Å²) in [4.78, 5) is 0. The minimum atomic E-state index is -5.43. The summed E-state index contributed by atoms with van der Waals surface area (Å²) in [6.45, 7) is 0. The first kappa shape index (κ1) is 12.6. The molecular formula is C10H7F5O. The van der Waals surface area contributed by atoms with Crippen LogP contribution in [0.15, 0.2) is 42.0 Å². The lowest BCUT2D eigenvalue weighted by molar-refractivity contribution is -0.112. The van der Waals surface area contributed by atoms with E-state index in [2.05, 4.69) is 0 Å².